The van der Waals surface area contributed by atoms with Crippen molar-refractivity contribution in [3.8, 4) is 5.75 Å². The van der Waals surface area contributed by atoms with Gasteiger partial charge in [-0.2, -0.15) is 5.10 Å². The highest BCUT2D eigenvalue weighted by molar-refractivity contribution is 9.10. The average molecular weight is 318 g/mol. The van der Waals surface area contributed by atoms with Crippen LogP contribution in [0.15, 0.2) is 47.2 Å². The summed E-state index contributed by atoms with van der Waals surface area (Å²) >= 11 is 3.41. The number of pyridine rings is 1. The van der Waals surface area contributed by atoms with Gasteiger partial charge in [0.25, 0.3) is 0 Å². The summed E-state index contributed by atoms with van der Waals surface area (Å²) in [7, 11) is 1.66. The number of aromatic nitrogens is 3. The summed E-state index contributed by atoms with van der Waals surface area (Å²) in [6, 6.07) is 9.98. The first-order valence-electron chi connectivity index (χ1n) is 5.86. The number of hydrogen-bond donors (Lipinski definition) is 0. The highest BCUT2D eigenvalue weighted by Gasteiger charge is 2.05. The summed E-state index contributed by atoms with van der Waals surface area (Å²) in [5, 5.41) is 5.41. The van der Waals surface area contributed by atoms with Gasteiger partial charge in [0.1, 0.15) is 5.75 Å². The molecule has 3 rings (SSSR count). The van der Waals surface area contributed by atoms with Gasteiger partial charge in [0.2, 0.25) is 0 Å². The van der Waals surface area contributed by atoms with Gasteiger partial charge in [0.05, 0.1) is 19.9 Å². The minimum Gasteiger partial charge on any atom is -0.497 e. The number of rotatable bonds is 3. The zero-order valence-corrected chi connectivity index (χ0v) is 12.0. The summed E-state index contributed by atoms with van der Waals surface area (Å²) in [6.45, 7) is 0.697. The van der Waals surface area contributed by atoms with E-state index in [9.17, 15) is 0 Å². The maximum Gasteiger partial charge on any atom is 0.158 e. The first-order chi connectivity index (χ1) is 9.26. The summed E-state index contributed by atoms with van der Waals surface area (Å²) in [6.07, 6.45) is 3.62. The van der Waals surface area contributed by atoms with E-state index in [1.54, 1.807) is 13.3 Å². The molecule has 0 spiro atoms. The summed E-state index contributed by atoms with van der Waals surface area (Å²) in [4.78, 5) is 4.40. The third kappa shape index (κ3) is 2.46. The van der Waals surface area contributed by atoms with Crippen molar-refractivity contribution < 1.29 is 4.74 Å². The molecule has 0 saturated carbocycles. The van der Waals surface area contributed by atoms with Crippen LogP contribution in [0.2, 0.25) is 0 Å². The van der Waals surface area contributed by atoms with Crippen molar-refractivity contribution >= 4 is 27.0 Å². The molecule has 0 fully saturated rings. The zero-order chi connectivity index (χ0) is 13.2. The Balaban J connectivity index is 1.92. The topological polar surface area (TPSA) is 39.9 Å². The zero-order valence-electron chi connectivity index (χ0n) is 10.4. The monoisotopic (exact) mass is 317 g/mol. The summed E-state index contributed by atoms with van der Waals surface area (Å²) in [5.74, 6) is 0.858. The van der Waals surface area contributed by atoms with E-state index in [-0.39, 0.29) is 0 Å². The Hall–Kier alpha value is -1.88. The smallest absolute Gasteiger partial charge is 0.158 e. The molecule has 0 amide bonds. The van der Waals surface area contributed by atoms with Crippen LogP contribution in [0.1, 0.15) is 5.56 Å². The Morgan fingerprint density at radius 1 is 1.21 bits per heavy atom. The molecule has 2 heterocycles. The van der Waals surface area contributed by atoms with Crippen molar-refractivity contribution in [1.29, 1.82) is 0 Å². The fourth-order valence-electron chi connectivity index (χ4n) is 1.96. The van der Waals surface area contributed by atoms with Crippen LogP contribution in [0.5, 0.6) is 5.75 Å². The summed E-state index contributed by atoms with van der Waals surface area (Å²) in [5.41, 5.74) is 2.05. The van der Waals surface area contributed by atoms with Crippen LogP contribution < -0.4 is 4.74 Å². The van der Waals surface area contributed by atoms with Crippen LogP contribution in [0.25, 0.3) is 11.0 Å². The molecule has 0 bridgehead atoms. The van der Waals surface area contributed by atoms with Crippen LogP contribution in [0.4, 0.5) is 0 Å². The number of ether oxygens (including phenoxy) is 1. The largest absolute Gasteiger partial charge is 0.497 e. The van der Waals surface area contributed by atoms with Crippen molar-refractivity contribution in [2.45, 2.75) is 6.54 Å². The number of halogens is 1. The van der Waals surface area contributed by atoms with Crippen LogP contribution >= 0.6 is 15.9 Å². The Morgan fingerprint density at radius 2 is 2.00 bits per heavy atom. The van der Waals surface area contributed by atoms with Gasteiger partial charge in [-0.1, -0.05) is 12.1 Å². The fourth-order valence-corrected chi connectivity index (χ4v) is 2.31. The highest BCUT2D eigenvalue weighted by Crippen LogP contribution is 2.18. The molecular weight excluding hydrogens is 306 g/mol. The van der Waals surface area contributed by atoms with Gasteiger partial charge in [0, 0.05) is 16.1 Å². The maximum absolute atomic E-state index is 5.15. The molecule has 0 aliphatic heterocycles. The van der Waals surface area contributed by atoms with E-state index in [2.05, 4.69) is 26.0 Å². The Kier molecular flexibility index (Phi) is 3.21. The van der Waals surface area contributed by atoms with Gasteiger partial charge >= 0.3 is 0 Å². The lowest BCUT2D eigenvalue weighted by atomic mass is 10.2. The van der Waals surface area contributed by atoms with Crippen molar-refractivity contribution in [2.75, 3.05) is 7.11 Å². The lowest BCUT2D eigenvalue weighted by Gasteiger charge is -2.05. The molecule has 1 aromatic carbocycles. The molecule has 0 saturated heterocycles. The van der Waals surface area contributed by atoms with E-state index in [1.807, 2.05) is 41.2 Å². The van der Waals surface area contributed by atoms with E-state index < -0.39 is 0 Å². The Morgan fingerprint density at radius 3 is 2.74 bits per heavy atom. The molecule has 2 aromatic heterocycles. The van der Waals surface area contributed by atoms with E-state index in [4.69, 9.17) is 4.74 Å². The minimum atomic E-state index is 0.697. The normalized spacial score (nSPS) is 10.8. The van der Waals surface area contributed by atoms with E-state index in [0.29, 0.717) is 6.54 Å². The quantitative estimate of drug-likeness (QED) is 0.744. The molecule has 0 radical (unpaired) electrons. The van der Waals surface area contributed by atoms with Gasteiger partial charge < -0.3 is 4.74 Å². The molecule has 0 unspecified atom stereocenters. The average Bonchev–Trinajstić information content (AvgIpc) is 2.82. The van der Waals surface area contributed by atoms with Crippen molar-refractivity contribution in [2.24, 2.45) is 0 Å². The molecule has 0 aliphatic carbocycles. The lowest BCUT2D eigenvalue weighted by Crippen LogP contribution is -2.02. The third-order valence-corrected chi connectivity index (χ3v) is 3.37. The van der Waals surface area contributed by atoms with Gasteiger partial charge in [-0.15, -0.1) is 0 Å². The van der Waals surface area contributed by atoms with Gasteiger partial charge in [-0.25, -0.2) is 9.67 Å². The molecule has 0 atom stereocenters. The second-order valence-corrected chi connectivity index (χ2v) is 5.13. The van der Waals surface area contributed by atoms with Crippen LogP contribution in [0, 0.1) is 0 Å². The van der Waals surface area contributed by atoms with Gasteiger partial charge in [-0.3, -0.25) is 0 Å². The standard InChI is InChI=1S/C14H12BrN3O/c1-19-13-4-2-10(3-5-13)9-18-14-11(7-17-18)6-12(15)8-16-14/h2-8H,9H2,1H3. The maximum atomic E-state index is 5.15. The first-order valence-corrected chi connectivity index (χ1v) is 6.65. The molecule has 4 nitrogen and oxygen atoms in total. The van der Waals surface area contributed by atoms with E-state index in [0.717, 1.165) is 26.8 Å². The SMILES string of the molecule is COc1ccc(Cn2ncc3cc(Br)cnc32)cc1. The number of benzene rings is 1. The second-order valence-electron chi connectivity index (χ2n) is 4.22. The number of nitrogens with zero attached hydrogens (tertiary/aromatic N) is 3. The molecule has 0 aliphatic rings. The molecular formula is C14H12BrN3O. The molecule has 3 aromatic rings. The van der Waals surface area contributed by atoms with Crippen molar-refractivity contribution in [3.63, 3.8) is 0 Å². The van der Waals surface area contributed by atoms with Crippen LogP contribution in [0.3, 0.4) is 0 Å². The number of hydrogen-bond acceptors (Lipinski definition) is 3. The fraction of sp³-hybridized carbons (Fsp3) is 0.143. The Labute approximate surface area is 119 Å². The predicted molar refractivity (Wildman–Crippen MR) is 77.3 cm³/mol. The van der Waals surface area contributed by atoms with Crippen LogP contribution in [-0.4, -0.2) is 21.9 Å². The highest BCUT2D eigenvalue weighted by atomic mass is 79.9. The second kappa shape index (κ2) is 5.01. The predicted octanol–water partition coefficient (Wildman–Crippen LogP) is 3.25. The lowest BCUT2D eigenvalue weighted by molar-refractivity contribution is 0.414. The van der Waals surface area contributed by atoms with Crippen molar-refractivity contribution in [1.82, 2.24) is 14.8 Å². The molecule has 0 N–H and O–H groups in total. The van der Waals surface area contributed by atoms with Gasteiger partial charge in [0.15, 0.2) is 5.65 Å². The first kappa shape index (κ1) is 12.2. The van der Waals surface area contributed by atoms with Crippen LogP contribution in [-0.2, 0) is 6.54 Å². The van der Waals surface area contributed by atoms with Crippen molar-refractivity contribution in [3.05, 3.63) is 52.8 Å². The van der Waals surface area contributed by atoms with Gasteiger partial charge in [-0.05, 0) is 39.7 Å². The molecule has 19 heavy (non-hydrogen) atoms. The minimum absolute atomic E-state index is 0.697. The Bertz CT molecular complexity index is 706. The number of fused-ring (bicyclic) bond motifs is 1. The van der Waals surface area contributed by atoms with E-state index in [1.165, 1.54) is 0 Å². The third-order valence-electron chi connectivity index (χ3n) is 2.93. The molecule has 5 heteroatoms. The van der Waals surface area contributed by atoms with E-state index >= 15 is 0 Å². The summed E-state index contributed by atoms with van der Waals surface area (Å²) < 4.78 is 8.00. The number of methoxy groups -OCH3 is 1. The molecule has 96 valence electrons.